The third-order valence-electron chi connectivity index (χ3n) is 6.33. The zero-order valence-electron chi connectivity index (χ0n) is 18.4. The molecule has 2 N–H and O–H groups in total. The predicted molar refractivity (Wildman–Crippen MR) is 116 cm³/mol. The third kappa shape index (κ3) is 6.66. The number of nitrogens with one attached hydrogen (secondary N) is 1. The summed E-state index contributed by atoms with van der Waals surface area (Å²) < 4.78 is 5.09. The van der Waals surface area contributed by atoms with Gasteiger partial charge in [0.05, 0.1) is 6.10 Å². The number of aryl methyl sites for hydroxylation is 2. The number of hydrogen-bond acceptors (Lipinski definition) is 5. The molecule has 0 saturated heterocycles. The molecule has 6 nitrogen and oxygen atoms in total. The largest absolute Gasteiger partial charge is 0.393 e. The Bertz CT molecular complexity index is 807. The Morgan fingerprint density at radius 1 is 1.30 bits per heavy atom. The van der Waals surface area contributed by atoms with Crippen molar-refractivity contribution in [1.82, 2.24) is 15.5 Å². The first kappa shape index (κ1) is 22.5. The maximum Gasteiger partial charge on any atom is 0.227 e. The molecule has 1 aromatic heterocycles. The van der Waals surface area contributed by atoms with Gasteiger partial charge in [-0.25, -0.2) is 0 Å². The normalized spacial score (nSPS) is 27.7. The van der Waals surface area contributed by atoms with Gasteiger partial charge in [-0.1, -0.05) is 55.8 Å². The lowest BCUT2D eigenvalue weighted by Gasteiger charge is -2.34. The van der Waals surface area contributed by atoms with Gasteiger partial charge >= 0.3 is 0 Å². The van der Waals surface area contributed by atoms with Gasteiger partial charge in [0.15, 0.2) is 5.82 Å². The molecule has 1 saturated carbocycles. The monoisotopic (exact) mass is 413 g/mol. The average molecular weight is 414 g/mol. The molecule has 1 fully saturated rings. The zero-order chi connectivity index (χ0) is 21.6. The number of carbonyl (C=O) groups is 1. The molecule has 0 aliphatic heterocycles. The summed E-state index contributed by atoms with van der Waals surface area (Å²) in [4.78, 5) is 16.6. The van der Waals surface area contributed by atoms with Gasteiger partial charge in [-0.3, -0.25) is 4.79 Å². The first-order valence-corrected chi connectivity index (χ1v) is 11.1. The van der Waals surface area contributed by atoms with Crippen molar-refractivity contribution in [2.24, 2.45) is 11.3 Å². The molecule has 164 valence electrons. The summed E-state index contributed by atoms with van der Waals surface area (Å²) in [6.45, 7) is 6.90. The van der Waals surface area contributed by atoms with E-state index in [0.717, 1.165) is 32.1 Å². The third-order valence-corrected chi connectivity index (χ3v) is 6.33. The molecule has 4 atom stereocenters. The van der Waals surface area contributed by atoms with Crippen molar-refractivity contribution in [3.8, 4) is 0 Å². The first-order valence-electron chi connectivity index (χ1n) is 11.1. The molecule has 1 amide bonds. The van der Waals surface area contributed by atoms with Gasteiger partial charge in [0.25, 0.3) is 0 Å². The molecule has 1 aliphatic carbocycles. The number of aliphatic hydroxyl groups excluding tert-OH is 1. The van der Waals surface area contributed by atoms with E-state index in [0.29, 0.717) is 37.0 Å². The topological polar surface area (TPSA) is 88.2 Å². The Hall–Kier alpha value is -2.21. The SMILES string of the molecule is Cc1noc(CCC(=O)NC[C@@]2(C)CC[C@@H](C)C[C@H](O)C[C@@H](c3ccccc3)C2)n1. The number of aliphatic hydroxyl groups is 1. The van der Waals surface area contributed by atoms with E-state index in [2.05, 4.69) is 53.6 Å². The summed E-state index contributed by atoms with van der Waals surface area (Å²) in [6, 6.07) is 10.5. The van der Waals surface area contributed by atoms with E-state index >= 15 is 0 Å². The van der Waals surface area contributed by atoms with Crippen LogP contribution in [0, 0.1) is 18.3 Å². The minimum absolute atomic E-state index is 0.0105. The minimum Gasteiger partial charge on any atom is -0.393 e. The Kier molecular flexibility index (Phi) is 7.64. The van der Waals surface area contributed by atoms with Gasteiger partial charge in [-0.05, 0) is 55.4 Å². The average Bonchev–Trinajstić information content (AvgIpc) is 3.16. The van der Waals surface area contributed by atoms with Crippen LogP contribution in [0.5, 0.6) is 0 Å². The van der Waals surface area contributed by atoms with Crippen LogP contribution >= 0.6 is 0 Å². The van der Waals surface area contributed by atoms with E-state index in [-0.39, 0.29) is 23.3 Å². The van der Waals surface area contributed by atoms with Gasteiger partial charge in [-0.15, -0.1) is 0 Å². The molecule has 1 heterocycles. The van der Waals surface area contributed by atoms with Crippen molar-refractivity contribution in [2.75, 3.05) is 6.54 Å². The van der Waals surface area contributed by atoms with Gasteiger partial charge < -0.3 is 14.9 Å². The van der Waals surface area contributed by atoms with Crippen LogP contribution < -0.4 is 5.32 Å². The summed E-state index contributed by atoms with van der Waals surface area (Å²) in [5.41, 5.74) is 1.26. The van der Waals surface area contributed by atoms with Gasteiger partial charge in [-0.2, -0.15) is 4.98 Å². The Balaban J connectivity index is 1.64. The van der Waals surface area contributed by atoms with Gasteiger partial charge in [0, 0.05) is 19.4 Å². The van der Waals surface area contributed by atoms with E-state index in [9.17, 15) is 9.90 Å². The number of nitrogens with zero attached hydrogens (tertiary/aromatic N) is 2. The maximum atomic E-state index is 12.5. The second-order valence-electron chi connectivity index (χ2n) is 9.40. The lowest BCUT2D eigenvalue weighted by atomic mass is 9.74. The van der Waals surface area contributed by atoms with Crippen molar-refractivity contribution in [3.05, 3.63) is 47.6 Å². The highest BCUT2D eigenvalue weighted by Gasteiger charge is 2.33. The van der Waals surface area contributed by atoms with Crippen molar-refractivity contribution in [3.63, 3.8) is 0 Å². The summed E-state index contributed by atoms with van der Waals surface area (Å²) in [6.07, 6.45) is 5.18. The van der Waals surface area contributed by atoms with Crippen LogP contribution in [0.3, 0.4) is 0 Å². The molecule has 2 aromatic rings. The highest BCUT2D eigenvalue weighted by molar-refractivity contribution is 5.76. The van der Waals surface area contributed by atoms with Crippen LogP contribution in [0.15, 0.2) is 34.9 Å². The molecule has 30 heavy (non-hydrogen) atoms. The number of hydrogen-bond donors (Lipinski definition) is 2. The second-order valence-corrected chi connectivity index (χ2v) is 9.40. The number of aromatic nitrogens is 2. The molecule has 0 spiro atoms. The molecule has 0 radical (unpaired) electrons. The molecular weight excluding hydrogens is 378 g/mol. The number of benzene rings is 1. The molecule has 3 rings (SSSR count). The van der Waals surface area contributed by atoms with Crippen LogP contribution in [0.4, 0.5) is 0 Å². The predicted octanol–water partition coefficient (Wildman–Crippen LogP) is 4.18. The fourth-order valence-corrected chi connectivity index (χ4v) is 4.58. The van der Waals surface area contributed by atoms with Crippen LogP contribution in [-0.2, 0) is 11.2 Å². The summed E-state index contributed by atoms with van der Waals surface area (Å²) in [5, 5.41) is 17.5. The highest BCUT2D eigenvalue weighted by atomic mass is 16.5. The van der Waals surface area contributed by atoms with Gasteiger partial charge in [0.1, 0.15) is 0 Å². The fourth-order valence-electron chi connectivity index (χ4n) is 4.58. The molecule has 6 heteroatoms. The lowest BCUT2D eigenvalue weighted by Crippen LogP contribution is -2.37. The smallest absolute Gasteiger partial charge is 0.227 e. The zero-order valence-corrected chi connectivity index (χ0v) is 18.4. The van der Waals surface area contributed by atoms with Crippen molar-refractivity contribution >= 4 is 5.91 Å². The van der Waals surface area contributed by atoms with Crippen LogP contribution in [0.2, 0.25) is 0 Å². The van der Waals surface area contributed by atoms with Crippen LogP contribution in [-0.4, -0.2) is 33.8 Å². The first-order chi connectivity index (χ1) is 14.3. The molecular formula is C24H35N3O3. The van der Waals surface area contributed by atoms with E-state index in [4.69, 9.17) is 4.52 Å². The number of amides is 1. The Labute approximate surface area is 179 Å². The molecule has 1 aliphatic rings. The van der Waals surface area contributed by atoms with E-state index in [1.807, 2.05) is 6.07 Å². The fraction of sp³-hybridized carbons (Fsp3) is 0.625. The Morgan fingerprint density at radius 3 is 2.77 bits per heavy atom. The number of carbonyl (C=O) groups excluding carboxylic acids is 1. The van der Waals surface area contributed by atoms with Crippen molar-refractivity contribution < 1.29 is 14.4 Å². The Morgan fingerprint density at radius 2 is 2.07 bits per heavy atom. The summed E-state index contributed by atoms with van der Waals surface area (Å²) in [5.74, 6) is 1.87. The standard InChI is InChI=1S/C24H35N3O3/c1-17-11-12-24(3,16-25-22(29)9-10-23-26-18(2)27-30-23)15-20(14-21(28)13-17)19-7-5-4-6-8-19/h4-8,17,20-21,28H,9-16H2,1-3H3,(H,25,29)/t17-,20-,21+,24+/m1/s1. The van der Waals surface area contributed by atoms with Gasteiger partial charge in [0.2, 0.25) is 11.8 Å². The van der Waals surface area contributed by atoms with Crippen LogP contribution in [0.25, 0.3) is 0 Å². The molecule has 0 unspecified atom stereocenters. The van der Waals surface area contributed by atoms with Crippen molar-refractivity contribution in [1.29, 1.82) is 0 Å². The minimum atomic E-state index is -0.278. The van der Waals surface area contributed by atoms with E-state index in [1.54, 1.807) is 6.92 Å². The van der Waals surface area contributed by atoms with Crippen molar-refractivity contribution in [2.45, 2.75) is 77.7 Å². The van der Waals surface area contributed by atoms with E-state index < -0.39 is 0 Å². The summed E-state index contributed by atoms with van der Waals surface area (Å²) in [7, 11) is 0. The summed E-state index contributed by atoms with van der Waals surface area (Å²) >= 11 is 0. The maximum absolute atomic E-state index is 12.5. The molecule has 0 bridgehead atoms. The van der Waals surface area contributed by atoms with Crippen LogP contribution in [0.1, 0.15) is 75.6 Å². The number of rotatable bonds is 6. The quantitative estimate of drug-likeness (QED) is 0.742. The highest BCUT2D eigenvalue weighted by Crippen LogP contribution is 2.41. The second kappa shape index (κ2) is 10.2. The lowest BCUT2D eigenvalue weighted by molar-refractivity contribution is -0.121. The molecule has 1 aromatic carbocycles. The van der Waals surface area contributed by atoms with E-state index in [1.165, 1.54) is 5.56 Å².